The number of rotatable bonds is 3. The van der Waals surface area contributed by atoms with Gasteiger partial charge in [-0.05, 0) is 24.7 Å². The van der Waals surface area contributed by atoms with E-state index >= 15 is 0 Å². The molecule has 2 heteroatoms. The largest absolute Gasteiger partial charge is 0.317 e. The minimum Gasteiger partial charge on any atom is -0.317 e. The van der Waals surface area contributed by atoms with Crippen molar-refractivity contribution in [3.05, 3.63) is 0 Å². The summed E-state index contributed by atoms with van der Waals surface area (Å²) in [6, 6.07) is 0.338. The van der Waals surface area contributed by atoms with E-state index in [2.05, 4.69) is 19.3 Å². The van der Waals surface area contributed by atoms with Gasteiger partial charge < -0.3 is 5.21 Å². The zero-order chi connectivity index (χ0) is 6.85. The van der Waals surface area contributed by atoms with Crippen LogP contribution < -0.4 is 5.48 Å². The van der Waals surface area contributed by atoms with Crippen LogP contribution in [0.3, 0.4) is 0 Å². The highest BCUT2D eigenvalue weighted by atomic mass is 16.5. The van der Waals surface area contributed by atoms with Crippen LogP contribution >= 0.6 is 0 Å². The number of hydrogen-bond donors (Lipinski definition) is 2. The van der Waals surface area contributed by atoms with Gasteiger partial charge in [-0.15, -0.1) is 0 Å². The monoisotopic (exact) mass is 129 g/mol. The van der Waals surface area contributed by atoms with Crippen molar-refractivity contribution in [2.24, 2.45) is 11.8 Å². The van der Waals surface area contributed by atoms with Gasteiger partial charge in [-0.1, -0.05) is 13.8 Å². The van der Waals surface area contributed by atoms with E-state index in [0.29, 0.717) is 12.0 Å². The summed E-state index contributed by atoms with van der Waals surface area (Å²) < 4.78 is 0. The topological polar surface area (TPSA) is 32.3 Å². The molecule has 54 valence electrons. The standard InChI is InChI=1S/C7H15NO/c1-5(2)7(8-9)6-3-4-6/h5-9H,3-4H2,1-2H3. The summed E-state index contributed by atoms with van der Waals surface area (Å²) in [5, 5.41) is 8.66. The Morgan fingerprint density at radius 1 is 1.44 bits per heavy atom. The SMILES string of the molecule is CC(C)C(NO)C1CC1. The first-order valence-electron chi connectivity index (χ1n) is 3.65. The summed E-state index contributed by atoms with van der Waals surface area (Å²) >= 11 is 0. The lowest BCUT2D eigenvalue weighted by atomic mass is 10.0. The molecular formula is C7H15NO. The molecule has 0 bridgehead atoms. The van der Waals surface area contributed by atoms with Crippen molar-refractivity contribution in [1.29, 1.82) is 0 Å². The molecule has 1 atom stereocenters. The summed E-state index contributed by atoms with van der Waals surface area (Å²) in [4.78, 5) is 0. The maximum Gasteiger partial charge on any atom is 0.0370 e. The van der Waals surface area contributed by atoms with E-state index < -0.39 is 0 Å². The Morgan fingerprint density at radius 2 is 2.00 bits per heavy atom. The van der Waals surface area contributed by atoms with E-state index in [-0.39, 0.29) is 0 Å². The summed E-state index contributed by atoms with van der Waals surface area (Å²) in [5.74, 6) is 1.30. The molecule has 0 heterocycles. The predicted octanol–water partition coefficient (Wildman–Crippen LogP) is 1.40. The fourth-order valence-corrected chi connectivity index (χ4v) is 1.25. The molecule has 0 aromatic heterocycles. The molecular weight excluding hydrogens is 114 g/mol. The zero-order valence-electron chi connectivity index (χ0n) is 6.09. The van der Waals surface area contributed by atoms with Crippen molar-refractivity contribution in [3.8, 4) is 0 Å². The Hall–Kier alpha value is -0.0800. The minimum atomic E-state index is 0.338. The molecule has 1 unspecified atom stereocenters. The quantitative estimate of drug-likeness (QED) is 0.564. The van der Waals surface area contributed by atoms with Crippen molar-refractivity contribution in [1.82, 2.24) is 5.48 Å². The third-order valence-corrected chi connectivity index (χ3v) is 2.00. The van der Waals surface area contributed by atoms with Crippen LogP contribution in [0.25, 0.3) is 0 Å². The Labute approximate surface area is 56.2 Å². The molecule has 1 aliphatic carbocycles. The van der Waals surface area contributed by atoms with Gasteiger partial charge in [0.1, 0.15) is 0 Å². The van der Waals surface area contributed by atoms with Crippen molar-refractivity contribution >= 4 is 0 Å². The number of nitrogens with one attached hydrogen (secondary N) is 1. The smallest absolute Gasteiger partial charge is 0.0370 e. The lowest BCUT2D eigenvalue weighted by molar-refractivity contribution is 0.0938. The Morgan fingerprint density at radius 3 is 2.11 bits per heavy atom. The van der Waals surface area contributed by atoms with E-state index in [1.807, 2.05) is 0 Å². The molecule has 9 heavy (non-hydrogen) atoms. The van der Waals surface area contributed by atoms with Gasteiger partial charge in [-0.25, -0.2) is 5.48 Å². The Balaban J connectivity index is 2.28. The van der Waals surface area contributed by atoms with Gasteiger partial charge in [-0.3, -0.25) is 0 Å². The second kappa shape index (κ2) is 2.67. The van der Waals surface area contributed by atoms with Crippen molar-refractivity contribution in [3.63, 3.8) is 0 Å². The van der Waals surface area contributed by atoms with Gasteiger partial charge >= 0.3 is 0 Å². The van der Waals surface area contributed by atoms with Gasteiger partial charge in [0.25, 0.3) is 0 Å². The van der Waals surface area contributed by atoms with E-state index in [0.717, 1.165) is 5.92 Å². The van der Waals surface area contributed by atoms with E-state index in [9.17, 15) is 0 Å². The summed E-state index contributed by atoms with van der Waals surface area (Å²) in [6.07, 6.45) is 2.58. The van der Waals surface area contributed by atoms with Crippen molar-refractivity contribution in [2.45, 2.75) is 32.7 Å². The van der Waals surface area contributed by atoms with Gasteiger partial charge in [0.2, 0.25) is 0 Å². The first-order chi connectivity index (χ1) is 4.25. The third kappa shape index (κ3) is 1.66. The van der Waals surface area contributed by atoms with E-state index in [4.69, 9.17) is 5.21 Å². The van der Waals surface area contributed by atoms with Crippen molar-refractivity contribution < 1.29 is 5.21 Å². The molecule has 1 saturated carbocycles. The summed E-state index contributed by atoms with van der Waals surface area (Å²) in [6.45, 7) is 4.26. The second-order valence-corrected chi connectivity index (χ2v) is 3.24. The molecule has 0 radical (unpaired) electrons. The van der Waals surface area contributed by atoms with Crippen LogP contribution in [-0.2, 0) is 0 Å². The van der Waals surface area contributed by atoms with Crippen LogP contribution in [0.4, 0.5) is 0 Å². The molecule has 2 N–H and O–H groups in total. The highest BCUT2D eigenvalue weighted by Crippen LogP contribution is 2.35. The summed E-state index contributed by atoms with van der Waals surface area (Å²) in [5.41, 5.74) is 2.36. The third-order valence-electron chi connectivity index (χ3n) is 2.00. The minimum absolute atomic E-state index is 0.338. The van der Waals surface area contributed by atoms with Crippen LogP contribution in [0.5, 0.6) is 0 Å². The van der Waals surface area contributed by atoms with Gasteiger partial charge in [0.15, 0.2) is 0 Å². The molecule has 0 aromatic carbocycles. The highest BCUT2D eigenvalue weighted by Gasteiger charge is 2.32. The first kappa shape index (κ1) is 7.03. The van der Waals surface area contributed by atoms with Gasteiger partial charge in [-0.2, -0.15) is 0 Å². The zero-order valence-corrected chi connectivity index (χ0v) is 6.09. The molecule has 1 rings (SSSR count). The Bertz CT molecular complexity index is 86.9. The molecule has 2 nitrogen and oxygen atoms in total. The lowest BCUT2D eigenvalue weighted by Crippen LogP contribution is -2.32. The molecule has 0 saturated heterocycles. The number of hydrogen-bond acceptors (Lipinski definition) is 2. The molecule has 0 aliphatic heterocycles. The van der Waals surface area contributed by atoms with Gasteiger partial charge in [0.05, 0.1) is 0 Å². The van der Waals surface area contributed by atoms with Crippen LogP contribution in [-0.4, -0.2) is 11.2 Å². The maximum absolute atomic E-state index is 8.66. The lowest BCUT2D eigenvalue weighted by Gasteiger charge is -2.17. The molecule has 0 amide bonds. The molecule has 0 aromatic rings. The maximum atomic E-state index is 8.66. The normalized spacial score (nSPS) is 22.7. The van der Waals surface area contributed by atoms with Crippen LogP contribution in [0.2, 0.25) is 0 Å². The number of hydroxylamine groups is 1. The highest BCUT2D eigenvalue weighted by molar-refractivity contribution is 4.85. The van der Waals surface area contributed by atoms with Crippen molar-refractivity contribution in [2.75, 3.05) is 0 Å². The Kier molecular flexibility index (Phi) is 2.09. The fraction of sp³-hybridized carbons (Fsp3) is 1.00. The first-order valence-corrected chi connectivity index (χ1v) is 3.65. The molecule has 1 aliphatic rings. The van der Waals surface area contributed by atoms with Crippen LogP contribution in [0, 0.1) is 11.8 Å². The molecule has 0 spiro atoms. The second-order valence-electron chi connectivity index (χ2n) is 3.24. The summed E-state index contributed by atoms with van der Waals surface area (Å²) in [7, 11) is 0. The fourth-order valence-electron chi connectivity index (χ4n) is 1.25. The molecule has 1 fully saturated rings. The predicted molar refractivity (Wildman–Crippen MR) is 36.3 cm³/mol. The average molecular weight is 129 g/mol. The van der Waals surface area contributed by atoms with E-state index in [1.54, 1.807) is 0 Å². The average Bonchev–Trinajstić information content (AvgIpc) is 2.50. The van der Waals surface area contributed by atoms with E-state index in [1.165, 1.54) is 12.8 Å². The van der Waals surface area contributed by atoms with Crippen LogP contribution in [0.15, 0.2) is 0 Å². The van der Waals surface area contributed by atoms with Crippen LogP contribution in [0.1, 0.15) is 26.7 Å². The van der Waals surface area contributed by atoms with Gasteiger partial charge in [0, 0.05) is 6.04 Å².